The second-order valence-corrected chi connectivity index (χ2v) is 3.72. The SMILES string of the molecule is COc1cc(CC(N)C(=O)O)cc(C(F)(F)F)c1. The van der Waals surface area contributed by atoms with Crippen LogP contribution < -0.4 is 10.5 Å². The van der Waals surface area contributed by atoms with Gasteiger partial charge in [-0.05, 0) is 30.2 Å². The molecule has 0 radical (unpaired) electrons. The van der Waals surface area contributed by atoms with Gasteiger partial charge in [0.2, 0.25) is 0 Å². The summed E-state index contributed by atoms with van der Waals surface area (Å²) in [6.45, 7) is 0. The minimum absolute atomic E-state index is 0.0115. The number of rotatable bonds is 4. The molecular formula is C11H12F3NO3. The molecule has 3 N–H and O–H groups in total. The molecule has 0 fully saturated rings. The highest BCUT2D eigenvalue weighted by molar-refractivity contribution is 5.73. The van der Waals surface area contributed by atoms with E-state index in [1.165, 1.54) is 13.2 Å². The summed E-state index contributed by atoms with van der Waals surface area (Å²) in [5, 5.41) is 8.62. The lowest BCUT2D eigenvalue weighted by molar-refractivity contribution is -0.138. The summed E-state index contributed by atoms with van der Waals surface area (Å²) >= 11 is 0. The first-order chi connectivity index (χ1) is 8.24. The van der Waals surface area contributed by atoms with Gasteiger partial charge in [0, 0.05) is 0 Å². The molecule has 100 valence electrons. The number of carboxylic acid groups (broad SMARTS) is 1. The molecule has 4 nitrogen and oxygen atoms in total. The molecule has 0 aromatic heterocycles. The molecule has 0 saturated heterocycles. The van der Waals surface area contributed by atoms with Gasteiger partial charge in [-0.15, -0.1) is 0 Å². The van der Waals surface area contributed by atoms with E-state index >= 15 is 0 Å². The number of carbonyl (C=O) groups is 1. The van der Waals surface area contributed by atoms with Gasteiger partial charge in [0.25, 0.3) is 0 Å². The highest BCUT2D eigenvalue weighted by Crippen LogP contribution is 2.32. The minimum Gasteiger partial charge on any atom is -0.497 e. The molecule has 0 aliphatic rings. The Labute approximate surface area is 101 Å². The van der Waals surface area contributed by atoms with Crippen molar-refractivity contribution in [1.82, 2.24) is 0 Å². The van der Waals surface area contributed by atoms with E-state index in [1.807, 2.05) is 0 Å². The van der Waals surface area contributed by atoms with Crippen molar-refractivity contribution < 1.29 is 27.8 Å². The zero-order valence-electron chi connectivity index (χ0n) is 9.49. The number of halogens is 3. The topological polar surface area (TPSA) is 72.5 Å². The third-order valence-electron chi connectivity index (χ3n) is 2.30. The van der Waals surface area contributed by atoms with E-state index in [2.05, 4.69) is 0 Å². The van der Waals surface area contributed by atoms with Gasteiger partial charge in [-0.25, -0.2) is 0 Å². The van der Waals surface area contributed by atoms with E-state index in [0.29, 0.717) is 0 Å². The van der Waals surface area contributed by atoms with Gasteiger partial charge in [0.05, 0.1) is 12.7 Å². The number of ether oxygens (including phenoxy) is 1. The van der Waals surface area contributed by atoms with Crippen LogP contribution in [0.3, 0.4) is 0 Å². The van der Waals surface area contributed by atoms with Crippen LogP contribution in [0.25, 0.3) is 0 Å². The lowest BCUT2D eigenvalue weighted by Crippen LogP contribution is -2.32. The highest BCUT2D eigenvalue weighted by Gasteiger charge is 2.31. The number of methoxy groups -OCH3 is 1. The quantitative estimate of drug-likeness (QED) is 0.866. The molecule has 0 aliphatic carbocycles. The molecule has 1 unspecified atom stereocenters. The van der Waals surface area contributed by atoms with Crippen LogP contribution in [0.1, 0.15) is 11.1 Å². The number of hydrogen-bond donors (Lipinski definition) is 2. The van der Waals surface area contributed by atoms with Gasteiger partial charge in [0.1, 0.15) is 11.8 Å². The Morgan fingerprint density at radius 1 is 1.44 bits per heavy atom. The number of alkyl halides is 3. The summed E-state index contributed by atoms with van der Waals surface area (Å²) in [5.74, 6) is -1.26. The van der Waals surface area contributed by atoms with Gasteiger partial charge in [-0.3, -0.25) is 4.79 Å². The maximum atomic E-state index is 12.6. The molecule has 0 spiro atoms. The summed E-state index contributed by atoms with van der Waals surface area (Å²) in [5.41, 5.74) is 4.55. The van der Waals surface area contributed by atoms with Crippen LogP contribution >= 0.6 is 0 Å². The molecular weight excluding hydrogens is 251 g/mol. The monoisotopic (exact) mass is 263 g/mol. The van der Waals surface area contributed by atoms with E-state index < -0.39 is 23.8 Å². The van der Waals surface area contributed by atoms with Crippen LogP contribution in [-0.2, 0) is 17.4 Å². The Hall–Kier alpha value is -1.76. The van der Waals surface area contributed by atoms with E-state index in [9.17, 15) is 18.0 Å². The summed E-state index contributed by atoms with van der Waals surface area (Å²) in [7, 11) is 1.23. The fourth-order valence-corrected chi connectivity index (χ4v) is 1.40. The smallest absolute Gasteiger partial charge is 0.416 e. The Bertz CT molecular complexity index is 446. The molecule has 0 heterocycles. The van der Waals surface area contributed by atoms with Crippen molar-refractivity contribution in [2.75, 3.05) is 7.11 Å². The summed E-state index contributed by atoms with van der Waals surface area (Å²) in [4.78, 5) is 10.6. The van der Waals surface area contributed by atoms with Crippen LogP contribution in [0.4, 0.5) is 13.2 Å². The van der Waals surface area contributed by atoms with Gasteiger partial charge in [-0.2, -0.15) is 13.2 Å². The van der Waals surface area contributed by atoms with E-state index in [1.54, 1.807) is 0 Å². The first-order valence-electron chi connectivity index (χ1n) is 4.97. The van der Waals surface area contributed by atoms with Gasteiger partial charge < -0.3 is 15.6 Å². The Morgan fingerprint density at radius 3 is 2.50 bits per heavy atom. The van der Waals surface area contributed by atoms with E-state index in [-0.39, 0.29) is 17.7 Å². The fraction of sp³-hybridized carbons (Fsp3) is 0.364. The maximum Gasteiger partial charge on any atom is 0.416 e. The number of hydrogen-bond acceptors (Lipinski definition) is 3. The molecule has 0 bridgehead atoms. The van der Waals surface area contributed by atoms with Crippen LogP contribution in [0.5, 0.6) is 5.75 Å². The normalized spacial score (nSPS) is 13.2. The van der Waals surface area contributed by atoms with Crippen LogP contribution in [0.2, 0.25) is 0 Å². The van der Waals surface area contributed by atoms with Gasteiger partial charge >= 0.3 is 12.1 Å². The predicted molar refractivity (Wildman–Crippen MR) is 57.3 cm³/mol. The van der Waals surface area contributed by atoms with Crippen molar-refractivity contribution in [3.63, 3.8) is 0 Å². The Balaban J connectivity index is 3.09. The maximum absolute atomic E-state index is 12.6. The van der Waals surface area contributed by atoms with Gasteiger partial charge in [-0.1, -0.05) is 0 Å². The van der Waals surface area contributed by atoms with Crippen LogP contribution in [0, 0.1) is 0 Å². The average Bonchev–Trinajstić information content (AvgIpc) is 2.27. The molecule has 0 amide bonds. The fourth-order valence-electron chi connectivity index (χ4n) is 1.40. The first kappa shape index (κ1) is 14.3. The minimum atomic E-state index is -4.52. The third kappa shape index (κ3) is 3.63. The number of carboxylic acids is 1. The van der Waals surface area contributed by atoms with E-state index in [4.69, 9.17) is 15.6 Å². The molecule has 1 aromatic rings. The Kier molecular flexibility index (Phi) is 4.18. The number of aliphatic carboxylic acids is 1. The number of nitrogens with two attached hydrogens (primary N) is 1. The molecule has 1 aromatic carbocycles. The molecule has 1 atom stereocenters. The zero-order valence-corrected chi connectivity index (χ0v) is 9.49. The standard InChI is InChI=1S/C11H12F3NO3/c1-18-8-3-6(4-9(15)10(16)17)2-7(5-8)11(12,13)14/h2-3,5,9H,4,15H2,1H3,(H,16,17). The predicted octanol–water partition coefficient (Wildman–Crippen LogP) is 1.67. The summed E-state index contributed by atoms with van der Waals surface area (Å²) in [6.07, 6.45) is -4.72. The van der Waals surface area contributed by atoms with Crippen molar-refractivity contribution in [1.29, 1.82) is 0 Å². The molecule has 0 aliphatic heterocycles. The van der Waals surface area contributed by atoms with Gasteiger partial charge in [0.15, 0.2) is 0 Å². The Morgan fingerprint density at radius 2 is 2.06 bits per heavy atom. The summed E-state index contributed by atoms with van der Waals surface area (Å²) in [6, 6.07) is 1.79. The molecule has 0 saturated carbocycles. The van der Waals surface area contributed by atoms with Crippen molar-refractivity contribution in [2.24, 2.45) is 5.73 Å². The number of benzene rings is 1. The molecule has 7 heteroatoms. The summed E-state index contributed by atoms with van der Waals surface area (Å²) < 4.78 is 42.5. The highest BCUT2D eigenvalue weighted by atomic mass is 19.4. The lowest BCUT2D eigenvalue weighted by Gasteiger charge is -2.13. The second-order valence-electron chi connectivity index (χ2n) is 3.72. The third-order valence-corrected chi connectivity index (χ3v) is 2.30. The van der Waals surface area contributed by atoms with Crippen molar-refractivity contribution >= 4 is 5.97 Å². The molecule has 18 heavy (non-hydrogen) atoms. The second kappa shape index (κ2) is 5.26. The molecule has 1 rings (SSSR count). The van der Waals surface area contributed by atoms with E-state index in [0.717, 1.165) is 12.1 Å². The van der Waals surface area contributed by atoms with Crippen molar-refractivity contribution in [3.8, 4) is 5.75 Å². The van der Waals surface area contributed by atoms with Crippen LogP contribution in [-0.4, -0.2) is 24.2 Å². The van der Waals surface area contributed by atoms with Crippen molar-refractivity contribution in [3.05, 3.63) is 29.3 Å². The zero-order chi connectivity index (χ0) is 13.9. The average molecular weight is 263 g/mol. The lowest BCUT2D eigenvalue weighted by atomic mass is 10.0. The van der Waals surface area contributed by atoms with Crippen LogP contribution in [0.15, 0.2) is 18.2 Å². The first-order valence-corrected chi connectivity index (χ1v) is 4.97. The largest absolute Gasteiger partial charge is 0.497 e. The van der Waals surface area contributed by atoms with Crippen molar-refractivity contribution in [2.45, 2.75) is 18.6 Å².